The number of ketones is 1. The lowest BCUT2D eigenvalue weighted by Crippen LogP contribution is -2.40. The zero-order valence-electron chi connectivity index (χ0n) is 18.1. The number of likely N-dealkylation sites (tertiary alicyclic amines) is 1. The van der Waals surface area contributed by atoms with Crippen molar-refractivity contribution in [2.45, 2.75) is 45.2 Å². The highest BCUT2D eigenvalue weighted by atomic mass is 16.3. The number of hydrogen-bond acceptors (Lipinski definition) is 5. The zero-order chi connectivity index (χ0) is 23.3. The summed E-state index contributed by atoms with van der Waals surface area (Å²) in [5.41, 5.74) is 1.82. The van der Waals surface area contributed by atoms with Crippen LogP contribution >= 0.6 is 0 Å². The fraction of sp³-hybridized carbons (Fsp3) is 0.333. The Bertz CT molecular complexity index is 1000. The molecule has 8 nitrogen and oxygen atoms in total. The summed E-state index contributed by atoms with van der Waals surface area (Å²) in [7, 11) is 0. The minimum atomic E-state index is -0.923. The van der Waals surface area contributed by atoms with Gasteiger partial charge < -0.3 is 20.6 Å². The second-order valence-electron chi connectivity index (χ2n) is 7.94. The van der Waals surface area contributed by atoms with Crippen molar-refractivity contribution >= 4 is 29.2 Å². The molecule has 3 amide bonds. The third kappa shape index (κ3) is 5.72. The lowest BCUT2D eigenvalue weighted by Gasteiger charge is -2.22. The Morgan fingerprint density at radius 1 is 1.03 bits per heavy atom. The molecule has 1 heterocycles. The average Bonchev–Trinajstić information content (AvgIpc) is 3.24. The second-order valence-corrected chi connectivity index (χ2v) is 7.94. The lowest BCUT2D eigenvalue weighted by atomic mass is 10.1. The molecule has 0 radical (unpaired) electrons. The Hall–Kier alpha value is -3.68. The average molecular weight is 437 g/mol. The fourth-order valence-corrected chi connectivity index (χ4v) is 3.85. The minimum absolute atomic E-state index is 0.0104. The van der Waals surface area contributed by atoms with E-state index in [0.717, 1.165) is 12.0 Å². The number of phenolic OH excluding ortho intramolecular Hbond substituents is 1. The van der Waals surface area contributed by atoms with E-state index in [1.165, 1.54) is 26.0 Å². The summed E-state index contributed by atoms with van der Waals surface area (Å²) in [6, 6.07) is 11.7. The highest BCUT2D eigenvalue weighted by molar-refractivity contribution is 5.97. The standard InChI is InChI=1S/C24H27N3O5/c1-15(28)21-4-3-13-27(21)22(31)14-17-5-9-19(10-6-17)26-24(32)23(25-16(2)29)18-7-11-20(30)12-8-18/h5-12,21,23,30H,3-4,13-14H2,1-2H3,(H,25,29)(H,26,32)/t21-,23+/m1/s1. The van der Waals surface area contributed by atoms with Gasteiger partial charge in [-0.1, -0.05) is 24.3 Å². The molecule has 0 unspecified atom stereocenters. The summed E-state index contributed by atoms with van der Waals surface area (Å²) in [6.45, 7) is 3.43. The predicted molar refractivity (Wildman–Crippen MR) is 119 cm³/mol. The number of rotatable bonds is 7. The summed E-state index contributed by atoms with van der Waals surface area (Å²) in [4.78, 5) is 50.4. The molecule has 3 N–H and O–H groups in total. The van der Waals surface area contributed by atoms with Crippen molar-refractivity contribution < 1.29 is 24.3 Å². The van der Waals surface area contributed by atoms with Crippen LogP contribution in [0.5, 0.6) is 5.75 Å². The van der Waals surface area contributed by atoms with Crippen LogP contribution in [-0.2, 0) is 25.6 Å². The van der Waals surface area contributed by atoms with Crippen molar-refractivity contribution in [3.8, 4) is 5.75 Å². The van der Waals surface area contributed by atoms with Gasteiger partial charge >= 0.3 is 0 Å². The van der Waals surface area contributed by atoms with Gasteiger partial charge in [-0.05, 0) is 55.2 Å². The highest BCUT2D eigenvalue weighted by Gasteiger charge is 2.31. The van der Waals surface area contributed by atoms with Crippen LogP contribution in [0.3, 0.4) is 0 Å². The molecule has 0 aromatic heterocycles. The maximum atomic E-state index is 12.8. The smallest absolute Gasteiger partial charge is 0.251 e. The summed E-state index contributed by atoms with van der Waals surface area (Å²) < 4.78 is 0. The van der Waals surface area contributed by atoms with Crippen LogP contribution in [0.15, 0.2) is 48.5 Å². The molecule has 1 aliphatic rings. The van der Waals surface area contributed by atoms with Crippen molar-refractivity contribution in [1.29, 1.82) is 0 Å². The minimum Gasteiger partial charge on any atom is -0.508 e. The van der Waals surface area contributed by atoms with E-state index in [1.54, 1.807) is 41.3 Å². The van der Waals surface area contributed by atoms with E-state index in [4.69, 9.17) is 0 Å². The summed E-state index contributed by atoms with van der Waals surface area (Å²) in [6.07, 6.45) is 1.72. The SMILES string of the molecule is CC(=O)N[C@H](C(=O)Nc1ccc(CC(=O)N2CCC[C@@H]2C(C)=O)cc1)c1ccc(O)cc1. The van der Waals surface area contributed by atoms with Crippen LogP contribution in [0.25, 0.3) is 0 Å². The van der Waals surface area contributed by atoms with Gasteiger partial charge in [0.1, 0.15) is 11.8 Å². The van der Waals surface area contributed by atoms with E-state index in [2.05, 4.69) is 10.6 Å². The number of phenols is 1. The van der Waals surface area contributed by atoms with Crippen molar-refractivity contribution in [2.75, 3.05) is 11.9 Å². The Morgan fingerprint density at radius 3 is 2.28 bits per heavy atom. The molecule has 0 saturated carbocycles. The number of benzene rings is 2. The van der Waals surface area contributed by atoms with Gasteiger partial charge in [0.15, 0.2) is 5.78 Å². The number of Topliss-reactive ketones (excluding diaryl/α,β-unsaturated/α-hetero) is 1. The molecular weight excluding hydrogens is 410 g/mol. The third-order valence-electron chi connectivity index (χ3n) is 5.46. The van der Waals surface area contributed by atoms with Gasteiger partial charge in [-0.2, -0.15) is 0 Å². The molecule has 1 aliphatic heterocycles. The topological polar surface area (TPSA) is 116 Å². The third-order valence-corrected chi connectivity index (χ3v) is 5.46. The van der Waals surface area contributed by atoms with Gasteiger partial charge in [0.05, 0.1) is 12.5 Å². The first-order chi connectivity index (χ1) is 15.2. The largest absolute Gasteiger partial charge is 0.508 e. The molecule has 0 spiro atoms. The molecule has 168 valence electrons. The van der Waals surface area contributed by atoms with Gasteiger partial charge in [-0.25, -0.2) is 0 Å². The molecule has 0 bridgehead atoms. The first-order valence-corrected chi connectivity index (χ1v) is 10.5. The van der Waals surface area contributed by atoms with Crippen molar-refractivity contribution in [1.82, 2.24) is 10.2 Å². The van der Waals surface area contributed by atoms with E-state index in [-0.39, 0.29) is 35.8 Å². The number of carbonyl (C=O) groups is 4. The van der Waals surface area contributed by atoms with Crippen LogP contribution in [0.2, 0.25) is 0 Å². The lowest BCUT2D eigenvalue weighted by molar-refractivity contribution is -0.136. The molecule has 32 heavy (non-hydrogen) atoms. The molecular formula is C24H27N3O5. The van der Waals surface area contributed by atoms with Crippen molar-refractivity contribution in [3.05, 3.63) is 59.7 Å². The maximum Gasteiger partial charge on any atom is 0.251 e. The van der Waals surface area contributed by atoms with E-state index in [9.17, 15) is 24.3 Å². The number of nitrogens with zero attached hydrogens (tertiary/aromatic N) is 1. The van der Waals surface area contributed by atoms with Crippen LogP contribution in [-0.4, -0.2) is 46.1 Å². The fourth-order valence-electron chi connectivity index (χ4n) is 3.85. The van der Waals surface area contributed by atoms with Gasteiger partial charge in [-0.15, -0.1) is 0 Å². The van der Waals surface area contributed by atoms with Crippen LogP contribution in [0.4, 0.5) is 5.69 Å². The molecule has 0 aliphatic carbocycles. The Kier molecular flexibility index (Phi) is 7.25. The Morgan fingerprint density at radius 2 is 1.69 bits per heavy atom. The second kappa shape index (κ2) is 10.1. The van der Waals surface area contributed by atoms with Gasteiger partial charge in [0.2, 0.25) is 11.8 Å². The number of amides is 3. The molecule has 2 aromatic rings. The van der Waals surface area contributed by atoms with Gasteiger partial charge in [-0.3, -0.25) is 19.2 Å². The normalized spacial score (nSPS) is 16.3. The van der Waals surface area contributed by atoms with Crippen LogP contribution < -0.4 is 10.6 Å². The van der Waals surface area contributed by atoms with E-state index >= 15 is 0 Å². The van der Waals surface area contributed by atoms with E-state index in [1.807, 2.05) is 0 Å². The molecule has 3 rings (SSSR count). The number of anilines is 1. The summed E-state index contributed by atoms with van der Waals surface area (Å²) in [5.74, 6) is -0.813. The monoisotopic (exact) mass is 437 g/mol. The van der Waals surface area contributed by atoms with Gasteiger partial charge in [0.25, 0.3) is 5.91 Å². The molecule has 2 aromatic carbocycles. The Balaban J connectivity index is 1.65. The van der Waals surface area contributed by atoms with Crippen molar-refractivity contribution in [2.24, 2.45) is 0 Å². The zero-order valence-corrected chi connectivity index (χ0v) is 18.1. The molecule has 1 saturated heterocycles. The van der Waals surface area contributed by atoms with E-state index in [0.29, 0.717) is 24.2 Å². The maximum absolute atomic E-state index is 12.8. The Labute approximate surface area is 186 Å². The number of nitrogens with one attached hydrogen (secondary N) is 2. The predicted octanol–water partition coefficient (Wildman–Crippen LogP) is 2.33. The van der Waals surface area contributed by atoms with Gasteiger partial charge in [0, 0.05) is 19.2 Å². The summed E-state index contributed by atoms with van der Waals surface area (Å²) in [5, 5.41) is 14.8. The first kappa shape index (κ1) is 23.0. The molecule has 8 heteroatoms. The van der Waals surface area contributed by atoms with Crippen molar-refractivity contribution in [3.63, 3.8) is 0 Å². The van der Waals surface area contributed by atoms with Crippen LogP contribution in [0, 0.1) is 0 Å². The van der Waals surface area contributed by atoms with Crippen LogP contribution in [0.1, 0.15) is 43.9 Å². The summed E-state index contributed by atoms with van der Waals surface area (Å²) >= 11 is 0. The quantitative estimate of drug-likeness (QED) is 0.615. The number of hydrogen-bond donors (Lipinski definition) is 3. The molecule has 2 atom stereocenters. The van der Waals surface area contributed by atoms with E-state index < -0.39 is 11.9 Å². The number of carbonyl (C=O) groups excluding carboxylic acids is 4. The first-order valence-electron chi connectivity index (χ1n) is 10.5. The highest BCUT2D eigenvalue weighted by Crippen LogP contribution is 2.21. The molecule has 1 fully saturated rings. The number of aromatic hydroxyl groups is 1.